The van der Waals surface area contributed by atoms with Gasteiger partial charge in [-0.15, -0.1) is 0 Å². The maximum Gasteiger partial charge on any atom is 0.253 e. The number of amides is 2. The van der Waals surface area contributed by atoms with Gasteiger partial charge in [0, 0.05) is 37.4 Å². The summed E-state index contributed by atoms with van der Waals surface area (Å²) >= 11 is 0. The third kappa shape index (κ3) is 4.38. The van der Waals surface area contributed by atoms with Crippen LogP contribution in [0.1, 0.15) is 15.9 Å². The Bertz CT molecular complexity index is 720. The average Bonchev–Trinajstić information content (AvgIpc) is 2.67. The van der Waals surface area contributed by atoms with E-state index in [4.69, 9.17) is 0 Å². The van der Waals surface area contributed by atoms with Crippen molar-refractivity contribution in [2.24, 2.45) is 0 Å². The molecule has 1 fully saturated rings. The highest BCUT2D eigenvalue weighted by Crippen LogP contribution is 2.11. The van der Waals surface area contributed by atoms with Crippen molar-refractivity contribution >= 4 is 17.5 Å². The van der Waals surface area contributed by atoms with Gasteiger partial charge in [-0.05, 0) is 31.2 Å². The summed E-state index contributed by atoms with van der Waals surface area (Å²) < 4.78 is 0. The van der Waals surface area contributed by atoms with Crippen molar-refractivity contribution in [3.63, 3.8) is 0 Å². The van der Waals surface area contributed by atoms with Gasteiger partial charge < -0.3 is 15.1 Å². The first-order valence-electron chi connectivity index (χ1n) is 8.56. The van der Waals surface area contributed by atoms with Gasteiger partial charge in [-0.2, -0.15) is 0 Å². The second-order valence-corrected chi connectivity index (χ2v) is 6.26. The minimum atomic E-state index is 0.0366. The van der Waals surface area contributed by atoms with Gasteiger partial charge in [0.15, 0.2) is 0 Å². The van der Waals surface area contributed by atoms with Crippen molar-refractivity contribution in [3.8, 4) is 0 Å². The summed E-state index contributed by atoms with van der Waals surface area (Å²) in [4.78, 5) is 28.5. The molecule has 1 N–H and O–H groups in total. The van der Waals surface area contributed by atoms with E-state index in [1.807, 2.05) is 71.3 Å². The summed E-state index contributed by atoms with van der Waals surface area (Å²) in [7, 11) is 0. The van der Waals surface area contributed by atoms with E-state index >= 15 is 0 Å². The normalized spacial score (nSPS) is 14.3. The molecule has 25 heavy (non-hydrogen) atoms. The van der Waals surface area contributed by atoms with Crippen LogP contribution in [0.4, 0.5) is 5.69 Å². The SMILES string of the molecule is Cc1ccc(C(=O)N2CCN(C(=O)CNc3ccccc3)CC2)cc1. The zero-order chi connectivity index (χ0) is 17.6. The first-order chi connectivity index (χ1) is 12.1. The van der Waals surface area contributed by atoms with Gasteiger partial charge >= 0.3 is 0 Å². The number of hydrogen-bond donors (Lipinski definition) is 1. The molecule has 0 atom stereocenters. The number of anilines is 1. The van der Waals surface area contributed by atoms with E-state index in [1.54, 1.807) is 0 Å². The molecule has 130 valence electrons. The molecule has 1 saturated heterocycles. The molecular weight excluding hydrogens is 314 g/mol. The molecule has 0 radical (unpaired) electrons. The van der Waals surface area contributed by atoms with E-state index in [9.17, 15) is 9.59 Å². The van der Waals surface area contributed by atoms with Gasteiger partial charge in [-0.25, -0.2) is 0 Å². The summed E-state index contributed by atoms with van der Waals surface area (Å²) in [5, 5.41) is 3.14. The molecule has 0 spiro atoms. The standard InChI is InChI=1S/C20H23N3O2/c1-16-7-9-17(10-8-16)20(25)23-13-11-22(12-14-23)19(24)15-21-18-5-3-2-4-6-18/h2-10,21H,11-15H2,1H3. The topological polar surface area (TPSA) is 52.7 Å². The first kappa shape index (κ1) is 17.0. The zero-order valence-corrected chi connectivity index (χ0v) is 14.4. The maximum absolute atomic E-state index is 12.5. The highest BCUT2D eigenvalue weighted by Gasteiger charge is 2.24. The lowest BCUT2D eigenvalue weighted by Crippen LogP contribution is -2.51. The fraction of sp³-hybridized carbons (Fsp3) is 0.300. The number of aryl methyl sites for hydroxylation is 1. The number of benzene rings is 2. The van der Waals surface area contributed by atoms with Gasteiger partial charge in [0.25, 0.3) is 5.91 Å². The van der Waals surface area contributed by atoms with Crippen molar-refractivity contribution < 1.29 is 9.59 Å². The van der Waals surface area contributed by atoms with Gasteiger partial charge in [0.05, 0.1) is 6.54 Å². The molecule has 0 aromatic heterocycles. The van der Waals surface area contributed by atoms with Crippen molar-refractivity contribution in [1.29, 1.82) is 0 Å². The van der Waals surface area contributed by atoms with Crippen LogP contribution in [0.5, 0.6) is 0 Å². The van der Waals surface area contributed by atoms with E-state index in [-0.39, 0.29) is 18.4 Å². The lowest BCUT2D eigenvalue weighted by molar-refractivity contribution is -0.130. The van der Waals surface area contributed by atoms with Crippen LogP contribution in [0.15, 0.2) is 54.6 Å². The second-order valence-electron chi connectivity index (χ2n) is 6.26. The lowest BCUT2D eigenvalue weighted by atomic mass is 10.1. The van der Waals surface area contributed by atoms with Crippen molar-refractivity contribution in [2.75, 3.05) is 38.0 Å². The molecule has 0 unspecified atom stereocenters. The van der Waals surface area contributed by atoms with Crippen molar-refractivity contribution in [3.05, 3.63) is 65.7 Å². The average molecular weight is 337 g/mol. The van der Waals surface area contributed by atoms with Crippen LogP contribution in [0.3, 0.4) is 0 Å². The van der Waals surface area contributed by atoms with Crippen LogP contribution < -0.4 is 5.32 Å². The molecule has 5 heteroatoms. The predicted molar refractivity (Wildman–Crippen MR) is 98.6 cm³/mol. The largest absolute Gasteiger partial charge is 0.376 e. The maximum atomic E-state index is 12.5. The van der Waals surface area contributed by atoms with E-state index in [1.165, 1.54) is 0 Å². The zero-order valence-electron chi connectivity index (χ0n) is 14.4. The Morgan fingerprint density at radius 1 is 0.880 bits per heavy atom. The van der Waals surface area contributed by atoms with Crippen LogP contribution in [0, 0.1) is 6.92 Å². The molecule has 1 aliphatic heterocycles. The Morgan fingerprint density at radius 3 is 2.12 bits per heavy atom. The number of carbonyl (C=O) groups excluding carboxylic acids is 2. The third-order valence-electron chi connectivity index (χ3n) is 4.44. The number of hydrogen-bond acceptors (Lipinski definition) is 3. The number of nitrogens with zero attached hydrogens (tertiary/aromatic N) is 2. The molecule has 1 heterocycles. The molecule has 0 bridgehead atoms. The summed E-state index contributed by atoms with van der Waals surface area (Å²) in [6.45, 7) is 4.57. The van der Waals surface area contributed by atoms with Gasteiger partial charge in [-0.3, -0.25) is 9.59 Å². The van der Waals surface area contributed by atoms with Crippen LogP contribution >= 0.6 is 0 Å². The predicted octanol–water partition coefficient (Wildman–Crippen LogP) is 2.39. The third-order valence-corrected chi connectivity index (χ3v) is 4.44. The fourth-order valence-corrected chi connectivity index (χ4v) is 2.88. The minimum Gasteiger partial charge on any atom is -0.376 e. The molecule has 0 aliphatic carbocycles. The van der Waals surface area contributed by atoms with Crippen LogP contribution in [-0.2, 0) is 4.79 Å². The van der Waals surface area contributed by atoms with Crippen molar-refractivity contribution in [2.45, 2.75) is 6.92 Å². The number of piperazine rings is 1. The molecule has 3 rings (SSSR count). The van der Waals surface area contributed by atoms with E-state index in [2.05, 4.69) is 5.32 Å². The summed E-state index contributed by atoms with van der Waals surface area (Å²) in [6.07, 6.45) is 0. The summed E-state index contributed by atoms with van der Waals surface area (Å²) in [5.41, 5.74) is 2.78. The Kier molecular flexibility index (Phi) is 5.33. The molecule has 5 nitrogen and oxygen atoms in total. The smallest absolute Gasteiger partial charge is 0.253 e. The number of para-hydroxylation sites is 1. The van der Waals surface area contributed by atoms with E-state index in [0.29, 0.717) is 31.7 Å². The second kappa shape index (κ2) is 7.83. The molecular formula is C20H23N3O2. The Morgan fingerprint density at radius 2 is 1.48 bits per heavy atom. The van der Waals surface area contributed by atoms with Crippen LogP contribution in [0.25, 0.3) is 0 Å². The first-order valence-corrected chi connectivity index (χ1v) is 8.56. The Labute approximate surface area is 148 Å². The van der Waals surface area contributed by atoms with Gasteiger partial charge in [0.2, 0.25) is 5.91 Å². The fourth-order valence-electron chi connectivity index (χ4n) is 2.88. The number of nitrogens with one attached hydrogen (secondary N) is 1. The van der Waals surface area contributed by atoms with Crippen LogP contribution in [0.2, 0.25) is 0 Å². The highest BCUT2D eigenvalue weighted by atomic mass is 16.2. The molecule has 0 saturated carbocycles. The molecule has 2 aromatic rings. The summed E-state index contributed by atoms with van der Waals surface area (Å²) in [5.74, 6) is 0.0980. The van der Waals surface area contributed by atoms with E-state index in [0.717, 1.165) is 11.3 Å². The van der Waals surface area contributed by atoms with Gasteiger partial charge in [0.1, 0.15) is 0 Å². The Balaban J connectivity index is 1.48. The van der Waals surface area contributed by atoms with E-state index < -0.39 is 0 Å². The highest BCUT2D eigenvalue weighted by molar-refractivity contribution is 5.94. The van der Waals surface area contributed by atoms with Gasteiger partial charge in [-0.1, -0.05) is 35.9 Å². The lowest BCUT2D eigenvalue weighted by Gasteiger charge is -2.35. The number of carbonyl (C=O) groups is 2. The molecule has 2 aromatic carbocycles. The number of rotatable bonds is 4. The monoisotopic (exact) mass is 337 g/mol. The van der Waals surface area contributed by atoms with Crippen molar-refractivity contribution in [1.82, 2.24) is 9.80 Å². The molecule has 2 amide bonds. The molecule has 1 aliphatic rings. The Hall–Kier alpha value is -2.82. The minimum absolute atomic E-state index is 0.0366. The quantitative estimate of drug-likeness (QED) is 0.932. The van der Waals surface area contributed by atoms with Crippen LogP contribution in [-0.4, -0.2) is 54.3 Å². The summed E-state index contributed by atoms with van der Waals surface area (Å²) in [6, 6.07) is 17.3.